The second-order valence-corrected chi connectivity index (χ2v) is 8.62. The maximum absolute atomic E-state index is 12.6. The summed E-state index contributed by atoms with van der Waals surface area (Å²) in [6, 6.07) is 10.8. The molecule has 1 unspecified atom stereocenters. The number of nitro groups is 1. The summed E-state index contributed by atoms with van der Waals surface area (Å²) in [6.45, 7) is 1.52. The van der Waals surface area contributed by atoms with E-state index in [1.807, 2.05) is 0 Å². The van der Waals surface area contributed by atoms with Gasteiger partial charge in [0.05, 0.1) is 18.6 Å². The lowest BCUT2D eigenvalue weighted by Gasteiger charge is -2.35. The summed E-state index contributed by atoms with van der Waals surface area (Å²) in [5.74, 6) is 1.39. The van der Waals surface area contributed by atoms with E-state index >= 15 is 0 Å². The van der Waals surface area contributed by atoms with E-state index < -0.39 is 4.92 Å². The molecule has 2 aliphatic rings. The van der Waals surface area contributed by atoms with Crippen molar-refractivity contribution >= 4 is 35.1 Å². The molecule has 0 aliphatic carbocycles. The molecule has 0 spiro atoms. The molecule has 0 bridgehead atoms. The number of rotatable bonds is 7. The number of halogens is 1. The Balaban J connectivity index is 1.25. The maximum atomic E-state index is 12.6. The van der Waals surface area contributed by atoms with E-state index in [1.54, 1.807) is 41.2 Å². The molecule has 186 valence electrons. The smallest absolute Gasteiger partial charge is 0.410 e. The van der Waals surface area contributed by atoms with Gasteiger partial charge in [0.15, 0.2) is 6.10 Å². The molecule has 12 heteroatoms. The van der Waals surface area contributed by atoms with Gasteiger partial charge in [-0.3, -0.25) is 10.1 Å². The van der Waals surface area contributed by atoms with Gasteiger partial charge in [-0.15, -0.1) is 0 Å². The van der Waals surface area contributed by atoms with Crippen LogP contribution in [-0.4, -0.2) is 72.3 Å². The number of methoxy groups -OCH3 is 1. The Morgan fingerprint density at radius 3 is 2.54 bits per heavy atom. The molecule has 2 aliphatic heterocycles. The van der Waals surface area contributed by atoms with Gasteiger partial charge in [0.2, 0.25) is 0 Å². The Labute approximate surface area is 206 Å². The van der Waals surface area contributed by atoms with Crippen LogP contribution in [0.5, 0.6) is 11.5 Å². The molecule has 11 nitrogen and oxygen atoms in total. The highest BCUT2D eigenvalue weighted by Crippen LogP contribution is 2.28. The third-order valence-corrected chi connectivity index (χ3v) is 6.30. The fraction of sp³-hybridized carbons (Fsp3) is 0.391. The first-order valence-electron chi connectivity index (χ1n) is 11.1. The summed E-state index contributed by atoms with van der Waals surface area (Å²) in [7, 11) is 1.59. The second-order valence-electron chi connectivity index (χ2n) is 8.22. The van der Waals surface area contributed by atoms with Crippen LogP contribution in [0.15, 0.2) is 42.5 Å². The van der Waals surface area contributed by atoms with Crippen molar-refractivity contribution in [1.29, 1.82) is 0 Å². The number of hydrogen-bond acceptors (Lipinski definition) is 7. The van der Waals surface area contributed by atoms with Gasteiger partial charge in [0.1, 0.15) is 23.1 Å². The summed E-state index contributed by atoms with van der Waals surface area (Å²) in [5.41, 5.74) is 0.0114. The van der Waals surface area contributed by atoms with E-state index in [0.717, 1.165) is 5.75 Å². The monoisotopic (exact) mass is 504 g/mol. The number of nitrogens with one attached hydrogen (secondary N) is 1. The quantitative estimate of drug-likeness (QED) is 0.443. The first kappa shape index (κ1) is 24.4. The van der Waals surface area contributed by atoms with Crippen molar-refractivity contribution in [2.75, 3.05) is 38.7 Å². The highest BCUT2D eigenvalue weighted by atomic mass is 35.5. The van der Waals surface area contributed by atoms with Crippen LogP contribution in [-0.2, 0) is 4.74 Å². The van der Waals surface area contributed by atoms with Gasteiger partial charge in [0, 0.05) is 30.9 Å². The number of likely N-dealkylation sites (tertiary alicyclic amines) is 1. The van der Waals surface area contributed by atoms with Crippen molar-refractivity contribution in [2.24, 2.45) is 0 Å². The van der Waals surface area contributed by atoms with E-state index in [9.17, 15) is 19.7 Å². The first-order chi connectivity index (χ1) is 16.8. The van der Waals surface area contributed by atoms with Crippen LogP contribution in [0, 0.1) is 10.1 Å². The normalized spacial score (nSPS) is 18.2. The minimum atomic E-state index is -0.603. The zero-order valence-corrected chi connectivity index (χ0v) is 19.8. The number of urea groups is 1. The summed E-state index contributed by atoms with van der Waals surface area (Å²) >= 11 is 5.82. The first-order valence-corrected chi connectivity index (χ1v) is 11.5. The highest BCUT2D eigenvalue weighted by Gasteiger charge is 2.38. The lowest BCUT2D eigenvalue weighted by molar-refractivity contribution is -0.384. The number of carbonyl (C=O) groups excluding carboxylic acids is 2. The molecule has 2 aromatic rings. The Kier molecular flexibility index (Phi) is 7.45. The molecule has 0 radical (unpaired) electrons. The van der Waals surface area contributed by atoms with Crippen LogP contribution in [0.4, 0.5) is 21.0 Å². The summed E-state index contributed by atoms with van der Waals surface area (Å²) in [5, 5.41) is 13.7. The Hall–Kier alpha value is -3.73. The van der Waals surface area contributed by atoms with E-state index in [4.69, 9.17) is 25.8 Å². The Morgan fingerprint density at radius 1 is 1.20 bits per heavy atom. The number of amides is 3. The molecule has 2 heterocycles. The minimum absolute atomic E-state index is 0.000911. The Morgan fingerprint density at radius 2 is 1.89 bits per heavy atom. The molecular formula is C23H25ClN4O7. The molecule has 1 N–H and O–H groups in total. The van der Waals surface area contributed by atoms with Crippen molar-refractivity contribution in [3.8, 4) is 11.5 Å². The number of nitro benzene ring substituents is 1. The molecule has 4 rings (SSSR count). The average Bonchev–Trinajstić information content (AvgIpc) is 3.24. The lowest BCUT2D eigenvalue weighted by atomic mass is 10.0. The van der Waals surface area contributed by atoms with Crippen LogP contribution < -0.4 is 14.8 Å². The van der Waals surface area contributed by atoms with Crippen molar-refractivity contribution in [3.63, 3.8) is 0 Å². The number of ether oxygens (including phenoxy) is 3. The molecular weight excluding hydrogens is 480 g/mol. The number of nitrogens with zero attached hydrogens (tertiary/aromatic N) is 3. The van der Waals surface area contributed by atoms with Crippen molar-refractivity contribution in [3.05, 3.63) is 57.6 Å². The van der Waals surface area contributed by atoms with Crippen LogP contribution in [0.1, 0.15) is 12.8 Å². The Bertz CT molecular complexity index is 1090. The summed E-state index contributed by atoms with van der Waals surface area (Å²) < 4.78 is 16.3. The van der Waals surface area contributed by atoms with Crippen molar-refractivity contribution < 1.29 is 28.7 Å². The largest absolute Gasteiger partial charge is 0.497 e. The molecule has 1 atom stereocenters. The molecule has 2 fully saturated rings. The molecule has 35 heavy (non-hydrogen) atoms. The van der Waals surface area contributed by atoms with Gasteiger partial charge in [-0.2, -0.15) is 0 Å². The third-order valence-electron chi connectivity index (χ3n) is 5.98. The summed E-state index contributed by atoms with van der Waals surface area (Å²) in [6.07, 6.45) is 0.418. The zero-order chi connectivity index (χ0) is 24.9. The topological polar surface area (TPSA) is 123 Å². The SMILES string of the molecule is COc1ccc(OCC2CN(C3CCN(C(=O)Nc4ccc(Cl)c([N+](=O)[O-])c4)CC3)C(=O)O2)cc1. The second kappa shape index (κ2) is 10.7. The van der Waals surface area contributed by atoms with Crippen LogP contribution in [0.3, 0.4) is 0 Å². The predicted octanol–water partition coefficient (Wildman–Crippen LogP) is 4.15. The fourth-order valence-corrected chi connectivity index (χ4v) is 4.29. The van der Waals surface area contributed by atoms with E-state index in [1.165, 1.54) is 18.2 Å². The molecule has 2 aromatic carbocycles. The number of anilines is 1. The standard InChI is InChI=1S/C23H25ClN4O7/c1-33-17-3-5-18(6-4-17)34-14-19-13-27(23(30)35-19)16-8-10-26(11-9-16)22(29)25-15-2-7-20(24)21(12-15)28(31)32/h2-7,12,16,19H,8-11,13-14H2,1H3,(H,25,29). The van der Waals surface area contributed by atoms with E-state index in [0.29, 0.717) is 38.2 Å². The average molecular weight is 505 g/mol. The van der Waals surface area contributed by atoms with Crippen LogP contribution in [0.25, 0.3) is 0 Å². The zero-order valence-electron chi connectivity index (χ0n) is 19.0. The van der Waals surface area contributed by atoms with Gasteiger partial charge in [0.25, 0.3) is 5.69 Å². The maximum Gasteiger partial charge on any atom is 0.410 e. The van der Waals surface area contributed by atoms with Gasteiger partial charge < -0.3 is 29.3 Å². The minimum Gasteiger partial charge on any atom is -0.497 e. The number of carbonyl (C=O) groups is 2. The predicted molar refractivity (Wildman–Crippen MR) is 127 cm³/mol. The number of cyclic esters (lactones) is 1. The van der Waals surface area contributed by atoms with Crippen LogP contribution >= 0.6 is 11.6 Å². The van der Waals surface area contributed by atoms with Gasteiger partial charge in [-0.25, -0.2) is 9.59 Å². The number of hydrogen-bond donors (Lipinski definition) is 1. The molecule has 0 saturated carbocycles. The van der Waals surface area contributed by atoms with Crippen LogP contribution in [0.2, 0.25) is 5.02 Å². The van der Waals surface area contributed by atoms with Gasteiger partial charge in [-0.05, 0) is 49.2 Å². The molecule has 2 saturated heterocycles. The molecule has 0 aromatic heterocycles. The summed E-state index contributed by atoms with van der Waals surface area (Å²) in [4.78, 5) is 38.8. The highest BCUT2D eigenvalue weighted by molar-refractivity contribution is 6.32. The van der Waals surface area contributed by atoms with Gasteiger partial charge >= 0.3 is 12.1 Å². The van der Waals surface area contributed by atoms with Gasteiger partial charge in [-0.1, -0.05) is 11.6 Å². The molecule has 3 amide bonds. The van der Waals surface area contributed by atoms with Crippen molar-refractivity contribution in [2.45, 2.75) is 25.0 Å². The van der Waals surface area contributed by atoms with E-state index in [-0.39, 0.29) is 47.3 Å². The number of piperidine rings is 1. The third kappa shape index (κ3) is 5.86. The fourth-order valence-electron chi connectivity index (χ4n) is 4.10. The van der Waals surface area contributed by atoms with Crippen molar-refractivity contribution in [1.82, 2.24) is 9.80 Å². The lowest BCUT2D eigenvalue weighted by Crippen LogP contribution is -2.48. The number of benzene rings is 2. The van der Waals surface area contributed by atoms with E-state index in [2.05, 4.69) is 5.32 Å².